The smallest absolute Gasteiger partial charge is 0.147 e. The van der Waals surface area contributed by atoms with Gasteiger partial charge in [-0.3, -0.25) is 0 Å². The van der Waals surface area contributed by atoms with Gasteiger partial charge in [-0.05, 0) is 24.5 Å². The summed E-state index contributed by atoms with van der Waals surface area (Å²) in [5.74, 6) is -0.190. The van der Waals surface area contributed by atoms with E-state index in [0.29, 0.717) is 5.52 Å². The van der Waals surface area contributed by atoms with Crippen LogP contribution in [0, 0.1) is 5.82 Å². The highest BCUT2D eigenvalue weighted by atomic mass is 19.1. The number of benzene rings is 1. The Balaban J connectivity index is 2.53. The van der Waals surface area contributed by atoms with Crippen LogP contribution in [0.3, 0.4) is 0 Å². The molecule has 0 amide bonds. The Morgan fingerprint density at radius 1 is 1.40 bits per heavy atom. The fraction of sp³-hybridized carbons (Fsp3) is 0.333. The number of fused-ring (bicyclic) bond motifs is 1. The van der Waals surface area contributed by atoms with Gasteiger partial charge in [0.15, 0.2) is 0 Å². The molecule has 0 saturated heterocycles. The normalized spacial score (nSPS) is 11.1. The Morgan fingerprint density at radius 2 is 2.20 bits per heavy atom. The maximum atomic E-state index is 13.5. The maximum absolute atomic E-state index is 13.5. The third-order valence-corrected chi connectivity index (χ3v) is 2.64. The van der Waals surface area contributed by atoms with Gasteiger partial charge < -0.3 is 9.67 Å². The third kappa shape index (κ3) is 1.75. The van der Waals surface area contributed by atoms with Crippen molar-refractivity contribution < 1.29 is 9.50 Å². The van der Waals surface area contributed by atoms with Crippen molar-refractivity contribution in [2.45, 2.75) is 12.8 Å². The molecule has 2 rings (SSSR count). The van der Waals surface area contributed by atoms with E-state index < -0.39 is 0 Å². The minimum Gasteiger partial charge on any atom is -0.396 e. The lowest BCUT2D eigenvalue weighted by Gasteiger charge is -1.97. The van der Waals surface area contributed by atoms with Gasteiger partial charge in [0.2, 0.25) is 0 Å². The molecule has 0 unspecified atom stereocenters. The Morgan fingerprint density at radius 3 is 2.93 bits per heavy atom. The first kappa shape index (κ1) is 10.2. The van der Waals surface area contributed by atoms with Crippen molar-refractivity contribution >= 4 is 10.9 Å². The van der Waals surface area contributed by atoms with Crippen molar-refractivity contribution in [1.29, 1.82) is 0 Å². The number of para-hydroxylation sites is 1. The first-order valence-electron chi connectivity index (χ1n) is 5.07. The predicted octanol–water partition coefficient (Wildman–Crippen LogP) is 2.24. The molecule has 80 valence electrons. The highest BCUT2D eigenvalue weighted by Gasteiger charge is 2.09. The van der Waals surface area contributed by atoms with Gasteiger partial charge in [0.25, 0.3) is 0 Å². The minimum atomic E-state index is -0.190. The summed E-state index contributed by atoms with van der Waals surface area (Å²) in [7, 11) is 1.84. The lowest BCUT2D eigenvalue weighted by Crippen LogP contribution is -1.87. The average Bonchev–Trinajstić information content (AvgIpc) is 2.54. The van der Waals surface area contributed by atoms with Crippen molar-refractivity contribution in [3.8, 4) is 0 Å². The van der Waals surface area contributed by atoms with Crippen molar-refractivity contribution in [2.75, 3.05) is 6.61 Å². The van der Waals surface area contributed by atoms with Crippen LogP contribution in [0.4, 0.5) is 4.39 Å². The lowest BCUT2D eigenvalue weighted by atomic mass is 10.1. The molecule has 3 heteroatoms. The van der Waals surface area contributed by atoms with Crippen LogP contribution in [0.15, 0.2) is 24.4 Å². The van der Waals surface area contributed by atoms with Crippen molar-refractivity contribution in [1.82, 2.24) is 4.57 Å². The van der Waals surface area contributed by atoms with Gasteiger partial charge in [0, 0.05) is 25.2 Å². The molecule has 1 aromatic heterocycles. The van der Waals surface area contributed by atoms with Crippen LogP contribution in [0.5, 0.6) is 0 Å². The number of halogens is 1. The van der Waals surface area contributed by atoms with Crippen LogP contribution in [-0.2, 0) is 13.5 Å². The van der Waals surface area contributed by atoms with Gasteiger partial charge in [-0.15, -0.1) is 0 Å². The van der Waals surface area contributed by atoms with Crippen LogP contribution in [0.25, 0.3) is 10.9 Å². The van der Waals surface area contributed by atoms with Crippen LogP contribution < -0.4 is 0 Å². The molecule has 0 saturated carbocycles. The molecule has 1 N–H and O–H groups in total. The quantitative estimate of drug-likeness (QED) is 0.820. The number of nitrogens with zero attached hydrogens (tertiary/aromatic N) is 1. The Hall–Kier alpha value is -1.35. The number of aromatic nitrogens is 1. The van der Waals surface area contributed by atoms with Gasteiger partial charge in [-0.1, -0.05) is 12.1 Å². The summed E-state index contributed by atoms with van der Waals surface area (Å²) in [6.07, 6.45) is 3.44. The molecule has 0 fully saturated rings. The lowest BCUT2D eigenvalue weighted by molar-refractivity contribution is 0.288. The molecular formula is C12H14FNO. The summed E-state index contributed by atoms with van der Waals surface area (Å²) in [5, 5.41) is 9.73. The van der Waals surface area contributed by atoms with E-state index in [-0.39, 0.29) is 12.4 Å². The van der Waals surface area contributed by atoms with Gasteiger partial charge in [-0.25, -0.2) is 4.39 Å². The number of aliphatic hydroxyl groups is 1. The number of aryl methyl sites for hydroxylation is 2. The molecule has 0 spiro atoms. The average molecular weight is 207 g/mol. The summed E-state index contributed by atoms with van der Waals surface area (Å²) in [4.78, 5) is 0. The summed E-state index contributed by atoms with van der Waals surface area (Å²) in [5.41, 5.74) is 1.74. The van der Waals surface area contributed by atoms with Crippen molar-refractivity contribution in [3.05, 3.63) is 35.8 Å². The molecule has 15 heavy (non-hydrogen) atoms. The van der Waals surface area contributed by atoms with Crippen LogP contribution in [-0.4, -0.2) is 16.3 Å². The largest absolute Gasteiger partial charge is 0.396 e. The standard InChI is InChI=1S/C12H14FNO/c1-14-8-9(4-3-7-15)10-5-2-6-11(13)12(10)14/h2,5-6,8,15H,3-4,7H2,1H3. The Kier molecular flexibility index (Phi) is 2.73. The molecule has 0 aliphatic carbocycles. The summed E-state index contributed by atoms with van der Waals surface area (Å²) in [6.45, 7) is 0.172. The molecule has 0 aliphatic heterocycles. The van der Waals surface area contributed by atoms with E-state index in [0.717, 1.165) is 23.8 Å². The van der Waals surface area contributed by atoms with E-state index in [1.165, 1.54) is 6.07 Å². The summed E-state index contributed by atoms with van der Waals surface area (Å²) in [6, 6.07) is 5.11. The fourth-order valence-corrected chi connectivity index (χ4v) is 1.97. The molecule has 2 aromatic rings. The molecule has 0 bridgehead atoms. The van der Waals surface area contributed by atoms with E-state index in [9.17, 15) is 4.39 Å². The Labute approximate surface area is 88.0 Å². The Bertz CT molecular complexity index is 476. The van der Waals surface area contributed by atoms with Crippen molar-refractivity contribution in [3.63, 3.8) is 0 Å². The maximum Gasteiger partial charge on any atom is 0.147 e. The second-order valence-electron chi connectivity index (χ2n) is 3.73. The number of rotatable bonds is 3. The number of aliphatic hydroxyl groups excluding tert-OH is 1. The fourth-order valence-electron chi connectivity index (χ4n) is 1.97. The first-order valence-corrected chi connectivity index (χ1v) is 5.07. The van der Waals surface area contributed by atoms with Gasteiger partial charge in [-0.2, -0.15) is 0 Å². The number of hydrogen-bond acceptors (Lipinski definition) is 1. The zero-order valence-electron chi connectivity index (χ0n) is 8.70. The van der Waals surface area contributed by atoms with E-state index in [4.69, 9.17) is 5.11 Å². The topological polar surface area (TPSA) is 25.2 Å². The third-order valence-electron chi connectivity index (χ3n) is 2.64. The van der Waals surface area contributed by atoms with Gasteiger partial charge in [0.05, 0.1) is 5.52 Å². The second kappa shape index (κ2) is 4.03. The summed E-state index contributed by atoms with van der Waals surface area (Å²) < 4.78 is 15.3. The molecule has 0 atom stereocenters. The van der Waals surface area contributed by atoms with Crippen LogP contribution >= 0.6 is 0 Å². The SMILES string of the molecule is Cn1cc(CCCO)c2cccc(F)c21. The highest BCUT2D eigenvalue weighted by Crippen LogP contribution is 2.23. The monoisotopic (exact) mass is 207 g/mol. The molecular weight excluding hydrogens is 193 g/mol. The molecule has 0 radical (unpaired) electrons. The summed E-state index contributed by atoms with van der Waals surface area (Å²) >= 11 is 0. The van der Waals surface area contributed by atoms with Gasteiger partial charge >= 0.3 is 0 Å². The van der Waals surface area contributed by atoms with E-state index in [2.05, 4.69) is 0 Å². The molecule has 0 aliphatic rings. The van der Waals surface area contributed by atoms with Crippen molar-refractivity contribution in [2.24, 2.45) is 7.05 Å². The molecule has 1 aromatic carbocycles. The first-order chi connectivity index (χ1) is 7.24. The van der Waals surface area contributed by atoms with Gasteiger partial charge in [0.1, 0.15) is 5.82 Å². The predicted molar refractivity (Wildman–Crippen MR) is 58.3 cm³/mol. The molecule has 2 nitrogen and oxygen atoms in total. The highest BCUT2D eigenvalue weighted by molar-refractivity contribution is 5.84. The second-order valence-corrected chi connectivity index (χ2v) is 3.73. The van der Waals surface area contributed by atoms with E-state index in [1.54, 1.807) is 10.6 Å². The number of hydrogen-bond donors (Lipinski definition) is 1. The zero-order chi connectivity index (χ0) is 10.8. The minimum absolute atomic E-state index is 0.172. The zero-order valence-corrected chi connectivity index (χ0v) is 8.70. The molecule has 1 heterocycles. The van der Waals surface area contributed by atoms with Crippen LogP contribution in [0.2, 0.25) is 0 Å². The van der Waals surface area contributed by atoms with Crippen LogP contribution in [0.1, 0.15) is 12.0 Å². The van der Waals surface area contributed by atoms with E-state index in [1.807, 2.05) is 19.3 Å². The van der Waals surface area contributed by atoms with E-state index >= 15 is 0 Å².